The van der Waals surface area contributed by atoms with Gasteiger partial charge in [-0.15, -0.1) is 10.2 Å². The van der Waals surface area contributed by atoms with Crippen LogP contribution in [0.2, 0.25) is 0 Å². The van der Waals surface area contributed by atoms with Gasteiger partial charge in [-0.2, -0.15) is 0 Å². The van der Waals surface area contributed by atoms with Crippen molar-refractivity contribution < 1.29 is 4.42 Å². The van der Waals surface area contributed by atoms with Gasteiger partial charge in [-0.05, 0) is 12.1 Å². The first kappa shape index (κ1) is 12.2. The van der Waals surface area contributed by atoms with Crippen LogP contribution in [0.4, 0.5) is 0 Å². The number of furan rings is 1. The molecule has 0 radical (unpaired) electrons. The molecule has 0 aliphatic rings. The molecule has 2 rings (SSSR count). The largest absolute Gasteiger partial charge is 0.468 e. The highest BCUT2D eigenvalue weighted by Gasteiger charge is 2.08. The lowest BCUT2D eigenvalue weighted by atomic mass is 10.4. The zero-order chi connectivity index (χ0) is 12.1. The Bertz CT molecular complexity index is 440. The lowest BCUT2D eigenvalue weighted by Crippen LogP contribution is -2.22. The monoisotopic (exact) mass is 252 g/mol. The first-order chi connectivity index (χ1) is 8.25. The van der Waals surface area contributed by atoms with Gasteiger partial charge in [-0.25, -0.2) is 0 Å². The highest BCUT2D eigenvalue weighted by molar-refractivity contribution is 7.99. The molecule has 92 valence electrons. The first-order valence-electron chi connectivity index (χ1n) is 5.49. The van der Waals surface area contributed by atoms with Gasteiger partial charge < -0.3 is 14.3 Å². The van der Waals surface area contributed by atoms with Crippen LogP contribution in [-0.4, -0.2) is 26.6 Å². The maximum absolute atomic E-state index is 5.24. The molecule has 0 amide bonds. The number of aromatic nitrogens is 3. The molecule has 0 saturated heterocycles. The second kappa shape index (κ2) is 5.88. The summed E-state index contributed by atoms with van der Waals surface area (Å²) in [5.41, 5.74) is 0. The van der Waals surface area contributed by atoms with Crippen molar-refractivity contribution in [3.05, 3.63) is 30.5 Å². The highest BCUT2D eigenvalue weighted by Crippen LogP contribution is 2.19. The number of aryl methyl sites for hydroxylation is 1. The first-order valence-corrected chi connectivity index (χ1v) is 6.37. The Hall–Kier alpha value is -1.27. The van der Waals surface area contributed by atoms with Crippen molar-refractivity contribution >= 4 is 11.8 Å². The van der Waals surface area contributed by atoms with E-state index in [0.29, 0.717) is 5.25 Å². The summed E-state index contributed by atoms with van der Waals surface area (Å²) in [6.45, 7) is 3.82. The maximum atomic E-state index is 5.24. The van der Waals surface area contributed by atoms with Crippen molar-refractivity contribution in [1.82, 2.24) is 20.1 Å². The Balaban J connectivity index is 1.71. The lowest BCUT2D eigenvalue weighted by molar-refractivity contribution is 0.484. The van der Waals surface area contributed by atoms with Gasteiger partial charge >= 0.3 is 0 Å². The molecule has 0 bridgehead atoms. The predicted octanol–water partition coefficient (Wildman–Crippen LogP) is 1.68. The zero-order valence-corrected chi connectivity index (χ0v) is 10.8. The molecule has 2 aromatic rings. The molecule has 0 aliphatic heterocycles. The second-order valence-corrected chi connectivity index (χ2v) is 5.27. The van der Waals surface area contributed by atoms with E-state index in [4.69, 9.17) is 4.42 Å². The van der Waals surface area contributed by atoms with Crippen LogP contribution in [0.15, 0.2) is 34.3 Å². The molecule has 2 aromatic heterocycles. The van der Waals surface area contributed by atoms with Gasteiger partial charge in [0.2, 0.25) is 0 Å². The quantitative estimate of drug-likeness (QED) is 0.793. The Morgan fingerprint density at radius 3 is 3.12 bits per heavy atom. The van der Waals surface area contributed by atoms with E-state index >= 15 is 0 Å². The Morgan fingerprint density at radius 2 is 2.47 bits per heavy atom. The third-order valence-corrected chi connectivity index (χ3v) is 3.44. The molecule has 0 spiro atoms. The minimum absolute atomic E-state index is 0.438. The fourth-order valence-corrected chi connectivity index (χ4v) is 2.28. The molecular weight excluding hydrogens is 236 g/mol. The van der Waals surface area contributed by atoms with E-state index in [1.165, 1.54) is 0 Å². The average Bonchev–Trinajstić information content (AvgIpc) is 2.92. The molecule has 5 nitrogen and oxygen atoms in total. The number of rotatable bonds is 6. The summed E-state index contributed by atoms with van der Waals surface area (Å²) in [5, 5.41) is 12.6. The van der Waals surface area contributed by atoms with Gasteiger partial charge in [0.25, 0.3) is 0 Å². The Labute approximate surface area is 105 Å². The number of hydrogen-bond donors (Lipinski definition) is 1. The normalized spacial score (nSPS) is 12.8. The van der Waals surface area contributed by atoms with Gasteiger partial charge in [0, 0.05) is 18.8 Å². The lowest BCUT2D eigenvalue weighted by Gasteiger charge is -2.10. The van der Waals surface area contributed by atoms with Crippen LogP contribution in [0.5, 0.6) is 0 Å². The third-order valence-electron chi connectivity index (χ3n) is 2.29. The van der Waals surface area contributed by atoms with Gasteiger partial charge in [0.15, 0.2) is 5.16 Å². The number of hydrogen-bond acceptors (Lipinski definition) is 5. The topological polar surface area (TPSA) is 55.9 Å². The maximum Gasteiger partial charge on any atom is 0.191 e. The number of thioether (sulfide) groups is 1. The SMILES string of the molecule is CC(CNCc1ccco1)Sc1nncn1C. The van der Waals surface area contributed by atoms with Crippen LogP contribution < -0.4 is 5.32 Å². The average molecular weight is 252 g/mol. The standard InChI is InChI=1S/C11H16N4OS/c1-9(17-11-14-13-8-15(11)2)6-12-7-10-4-3-5-16-10/h3-5,8-9,12H,6-7H2,1-2H3. The van der Waals surface area contributed by atoms with Crippen LogP contribution in [0.25, 0.3) is 0 Å². The molecule has 1 unspecified atom stereocenters. The molecule has 6 heteroatoms. The summed E-state index contributed by atoms with van der Waals surface area (Å²) >= 11 is 1.71. The van der Waals surface area contributed by atoms with E-state index in [-0.39, 0.29) is 0 Å². The van der Waals surface area contributed by atoms with Crippen LogP contribution in [0.1, 0.15) is 12.7 Å². The summed E-state index contributed by atoms with van der Waals surface area (Å²) in [6.07, 6.45) is 3.40. The molecule has 1 N–H and O–H groups in total. The smallest absolute Gasteiger partial charge is 0.191 e. The molecule has 1 atom stereocenters. The molecular formula is C11H16N4OS. The van der Waals surface area contributed by atoms with E-state index in [9.17, 15) is 0 Å². The summed E-state index contributed by atoms with van der Waals surface area (Å²) in [6, 6.07) is 3.86. The molecule has 0 aliphatic carbocycles. The van der Waals surface area contributed by atoms with Crippen molar-refractivity contribution in [3.8, 4) is 0 Å². The van der Waals surface area contributed by atoms with E-state index in [0.717, 1.165) is 24.0 Å². The fourth-order valence-electron chi connectivity index (χ4n) is 1.41. The highest BCUT2D eigenvalue weighted by atomic mass is 32.2. The summed E-state index contributed by atoms with van der Waals surface area (Å²) in [7, 11) is 1.95. The summed E-state index contributed by atoms with van der Waals surface area (Å²) < 4.78 is 7.17. The van der Waals surface area contributed by atoms with Crippen molar-refractivity contribution in [2.45, 2.75) is 23.9 Å². The zero-order valence-electron chi connectivity index (χ0n) is 9.96. The number of nitrogens with zero attached hydrogens (tertiary/aromatic N) is 3. The fraction of sp³-hybridized carbons (Fsp3) is 0.455. The van der Waals surface area contributed by atoms with E-state index in [2.05, 4.69) is 22.4 Å². The van der Waals surface area contributed by atoms with Crippen LogP contribution >= 0.6 is 11.8 Å². The van der Waals surface area contributed by atoms with Crippen LogP contribution in [0.3, 0.4) is 0 Å². The number of nitrogens with one attached hydrogen (secondary N) is 1. The van der Waals surface area contributed by atoms with Gasteiger partial charge in [-0.3, -0.25) is 0 Å². The van der Waals surface area contributed by atoms with Gasteiger partial charge in [0.05, 0.1) is 12.8 Å². The van der Waals surface area contributed by atoms with Crippen LogP contribution in [-0.2, 0) is 13.6 Å². The Morgan fingerprint density at radius 1 is 1.59 bits per heavy atom. The van der Waals surface area contributed by atoms with E-state index < -0.39 is 0 Å². The van der Waals surface area contributed by atoms with Gasteiger partial charge in [-0.1, -0.05) is 18.7 Å². The molecule has 0 fully saturated rings. The molecule has 17 heavy (non-hydrogen) atoms. The predicted molar refractivity (Wildman–Crippen MR) is 66.7 cm³/mol. The third kappa shape index (κ3) is 3.61. The minimum atomic E-state index is 0.438. The second-order valence-electron chi connectivity index (χ2n) is 3.86. The van der Waals surface area contributed by atoms with Crippen molar-refractivity contribution in [2.24, 2.45) is 7.05 Å². The summed E-state index contributed by atoms with van der Waals surface area (Å²) in [4.78, 5) is 0. The molecule has 0 saturated carbocycles. The van der Waals surface area contributed by atoms with Gasteiger partial charge in [0.1, 0.15) is 12.1 Å². The van der Waals surface area contributed by atoms with Crippen LogP contribution in [0, 0.1) is 0 Å². The molecule has 0 aromatic carbocycles. The minimum Gasteiger partial charge on any atom is -0.468 e. The van der Waals surface area contributed by atoms with E-state index in [1.54, 1.807) is 24.4 Å². The Kier molecular flexibility index (Phi) is 4.22. The van der Waals surface area contributed by atoms with E-state index in [1.807, 2.05) is 23.7 Å². The van der Waals surface area contributed by atoms with Crippen molar-refractivity contribution in [2.75, 3.05) is 6.54 Å². The molecule has 2 heterocycles. The van der Waals surface area contributed by atoms with Crippen molar-refractivity contribution in [3.63, 3.8) is 0 Å². The summed E-state index contributed by atoms with van der Waals surface area (Å²) in [5.74, 6) is 0.959. The van der Waals surface area contributed by atoms with Crippen molar-refractivity contribution in [1.29, 1.82) is 0 Å².